The van der Waals surface area contributed by atoms with Crippen LogP contribution in [0.4, 0.5) is 0 Å². The third-order valence-corrected chi connectivity index (χ3v) is 2.62. The van der Waals surface area contributed by atoms with Crippen LogP contribution in [0.15, 0.2) is 0 Å². The van der Waals surface area contributed by atoms with Gasteiger partial charge in [0.1, 0.15) is 5.78 Å². The lowest BCUT2D eigenvalue weighted by atomic mass is 10.0. The van der Waals surface area contributed by atoms with Crippen LogP contribution in [0.1, 0.15) is 78.1 Å². The highest BCUT2D eigenvalue weighted by molar-refractivity contribution is 5.78. The minimum atomic E-state index is 0.481. The lowest BCUT2D eigenvalue weighted by Crippen LogP contribution is -1.97. The quantitative estimate of drug-likeness (QED) is 0.472. The van der Waals surface area contributed by atoms with Crippen LogP contribution in [0, 0.1) is 0 Å². The molecule has 84 valence electrons. The van der Waals surface area contributed by atoms with Crippen LogP contribution in [-0.2, 0) is 4.79 Å². The molecule has 0 aromatic carbocycles. The third-order valence-electron chi connectivity index (χ3n) is 2.62. The molecular formula is C13H26O. The molecule has 0 amide bonds. The Balaban J connectivity index is 3.10. The minimum absolute atomic E-state index is 0.481. The lowest BCUT2D eigenvalue weighted by Gasteiger charge is -2.00. The summed E-state index contributed by atoms with van der Waals surface area (Å²) >= 11 is 0. The van der Waals surface area contributed by atoms with Gasteiger partial charge < -0.3 is 0 Å². The molecule has 0 atom stereocenters. The molecular weight excluding hydrogens is 172 g/mol. The average molecular weight is 198 g/mol. The highest BCUT2D eigenvalue weighted by Gasteiger charge is 2.00. The Labute approximate surface area is 89.3 Å². The van der Waals surface area contributed by atoms with Crippen molar-refractivity contribution < 1.29 is 4.79 Å². The van der Waals surface area contributed by atoms with E-state index in [0.717, 1.165) is 25.7 Å². The Morgan fingerprint density at radius 3 is 1.71 bits per heavy atom. The molecule has 0 radical (unpaired) electrons. The summed E-state index contributed by atoms with van der Waals surface area (Å²) in [6.45, 7) is 4.39. The van der Waals surface area contributed by atoms with Crippen molar-refractivity contribution in [1.29, 1.82) is 0 Å². The Kier molecular flexibility index (Phi) is 10.5. The molecule has 0 unspecified atom stereocenters. The van der Waals surface area contributed by atoms with Crippen LogP contribution in [0.2, 0.25) is 0 Å². The maximum atomic E-state index is 11.4. The lowest BCUT2D eigenvalue weighted by molar-refractivity contribution is -0.119. The fourth-order valence-corrected chi connectivity index (χ4v) is 1.62. The van der Waals surface area contributed by atoms with E-state index in [1.165, 1.54) is 38.5 Å². The topological polar surface area (TPSA) is 17.1 Å². The molecule has 0 spiro atoms. The number of carbonyl (C=O) groups is 1. The summed E-state index contributed by atoms with van der Waals surface area (Å²) in [4.78, 5) is 11.4. The molecule has 0 aliphatic rings. The van der Waals surface area contributed by atoms with Crippen molar-refractivity contribution >= 4 is 5.78 Å². The molecule has 0 aliphatic carbocycles. The predicted molar refractivity (Wildman–Crippen MR) is 62.5 cm³/mol. The number of rotatable bonds is 10. The second kappa shape index (κ2) is 10.7. The Bertz CT molecular complexity index is 129. The smallest absolute Gasteiger partial charge is 0.132 e. The first-order chi connectivity index (χ1) is 6.81. The van der Waals surface area contributed by atoms with Crippen LogP contribution in [0.3, 0.4) is 0 Å². The Morgan fingerprint density at radius 1 is 0.714 bits per heavy atom. The highest BCUT2D eigenvalue weighted by Crippen LogP contribution is 2.08. The number of Topliss-reactive ketones (excluding diaryl/α,β-unsaturated/α-hetero) is 1. The van der Waals surface area contributed by atoms with Gasteiger partial charge >= 0.3 is 0 Å². The van der Waals surface area contributed by atoms with Crippen LogP contribution in [0.5, 0.6) is 0 Å². The Hall–Kier alpha value is -0.330. The van der Waals surface area contributed by atoms with Crippen molar-refractivity contribution in [1.82, 2.24) is 0 Å². The van der Waals surface area contributed by atoms with Gasteiger partial charge in [-0.2, -0.15) is 0 Å². The van der Waals surface area contributed by atoms with Gasteiger partial charge in [0, 0.05) is 12.8 Å². The van der Waals surface area contributed by atoms with E-state index in [1.54, 1.807) is 0 Å². The maximum Gasteiger partial charge on any atom is 0.132 e. The number of unbranched alkanes of at least 4 members (excludes halogenated alkanes) is 6. The van der Waals surface area contributed by atoms with Gasteiger partial charge in [-0.3, -0.25) is 4.79 Å². The number of ketones is 1. The molecule has 0 rings (SSSR count). The fourth-order valence-electron chi connectivity index (χ4n) is 1.62. The molecule has 0 fully saturated rings. The van der Waals surface area contributed by atoms with Crippen LogP contribution in [-0.4, -0.2) is 5.78 Å². The molecule has 0 heterocycles. The van der Waals surface area contributed by atoms with E-state index in [9.17, 15) is 4.79 Å². The summed E-state index contributed by atoms with van der Waals surface area (Å²) in [5, 5.41) is 0. The van der Waals surface area contributed by atoms with Gasteiger partial charge in [-0.25, -0.2) is 0 Å². The standard InChI is InChI=1S/C13H26O/c1-3-5-7-8-10-12-13(14)11-9-6-4-2/h3-12H2,1-2H3. The van der Waals surface area contributed by atoms with E-state index in [-0.39, 0.29) is 0 Å². The van der Waals surface area contributed by atoms with Gasteiger partial charge in [0.2, 0.25) is 0 Å². The predicted octanol–water partition coefficient (Wildman–Crippen LogP) is 4.50. The molecule has 14 heavy (non-hydrogen) atoms. The molecule has 0 aromatic heterocycles. The van der Waals surface area contributed by atoms with Crippen molar-refractivity contribution in [2.75, 3.05) is 0 Å². The van der Waals surface area contributed by atoms with Crippen LogP contribution >= 0.6 is 0 Å². The molecule has 0 bridgehead atoms. The van der Waals surface area contributed by atoms with E-state index in [4.69, 9.17) is 0 Å². The van der Waals surface area contributed by atoms with Gasteiger partial charge in [-0.15, -0.1) is 0 Å². The van der Waals surface area contributed by atoms with Gasteiger partial charge in [0.05, 0.1) is 0 Å². The normalized spacial score (nSPS) is 10.4. The monoisotopic (exact) mass is 198 g/mol. The van der Waals surface area contributed by atoms with E-state index >= 15 is 0 Å². The number of carbonyl (C=O) groups excluding carboxylic acids is 1. The van der Waals surface area contributed by atoms with Gasteiger partial charge in [-0.05, 0) is 12.8 Å². The maximum absolute atomic E-state index is 11.4. The number of hydrogen-bond acceptors (Lipinski definition) is 1. The summed E-state index contributed by atoms with van der Waals surface area (Å²) in [6.07, 6.45) is 11.4. The van der Waals surface area contributed by atoms with Crippen LogP contribution in [0.25, 0.3) is 0 Å². The summed E-state index contributed by atoms with van der Waals surface area (Å²) in [7, 11) is 0. The molecule has 0 aliphatic heterocycles. The second-order valence-corrected chi connectivity index (χ2v) is 4.16. The zero-order valence-electron chi connectivity index (χ0n) is 9.98. The molecule has 1 nitrogen and oxygen atoms in total. The SMILES string of the molecule is CCCCCCCC(=O)CCCCC. The van der Waals surface area contributed by atoms with Gasteiger partial charge in [-0.1, -0.05) is 52.4 Å². The average Bonchev–Trinajstić information content (AvgIpc) is 2.18. The molecule has 0 aromatic rings. The summed E-state index contributed by atoms with van der Waals surface area (Å²) in [5.74, 6) is 0.481. The molecule has 0 N–H and O–H groups in total. The van der Waals surface area contributed by atoms with Gasteiger partial charge in [0.25, 0.3) is 0 Å². The first-order valence-corrected chi connectivity index (χ1v) is 6.33. The molecule has 0 saturated heterocycles. The second-order valence-electron chi connectivity index (χ2n) is 4.16. The third kappa shape index (κ3) is 9.76. The van der Waals surface area contributed by atoms with Crippen molar-refractivity contribution in [2.45, 2.75) is 78.1 Å². The largest absolute Gasteiger partial charge is 0.300 e. The Morgan fingerprint density at radius 2 is 1.14 bits per heavy atom. The van der Waals surface area contributed by atoms with Crippen molar-refractivity contribution in [2.24, 2.45) is 0 Å². The minimum Gasteiger partial charge on any atom is -0.300 e. The first kappa shape index (κ1) is 13.7. The van der Waals surface area contributed by atoms with E-state index in [0.29, 0.717) is 5.78 Å². The van der Waals surface area contributed by atoms with Crippen LogP contribution < -0.4 is 0 Å². The zero-order valence-corrected chi connectivity index (χ0v) is 9.98. The first-order valence-electron chi connectivity index (χ1n) is 6.33. The van der Waals surface area contributed by atoms with Gasteiger partial charge in [0.15, 0.2) is 0 Å². The molecule has 1 heteroatoms. The number of hydrogen-bond donors (Lipinski definition) is 0. The zero-order chi connectivity index (χ0) is 10.6. The summed E-state index contributed by atoms with van der Waals surface area (Å²) in [6, 6.07) is 0. The van der Waals surface area contributed by atoms with E-state index in [2.05, 4.69) is 13.8 Å². The molecule has 0 saturated carbocycles. The van der Waals surface area contributed by atoms with Crippen molar-refractivity contribution in [3.05, 3.63) is 0 Å². The van der Waals surface area contributed by atoms with Crippen molar-refractivity contribution in [3.8, 4) is 0 Å². The van der Waals surface area contributed by atoms with E-state index < -0.39 is 0 Å². The van der Waals surface area contributed by atoms with E-state index in [1.807, 2.05) is 0 Å². The summed E-state index contributed by atoms with van der Waals surface area (Å²) in [5.41, 5.74) is 0. The highest BCUT2D eigenvalue weighted by atomic mass is 16.1. The fraction of sp³-hybridized carbons (Fsp3) is 0.923. The summed E-state index contributed by atoms with van der Waals surface area (Å²) < 4.78 is 0. The van der Waals surface area contributed by atoms with Crippen molar-refractivity contribution in [3.63, 3.8) is 0 Å².